The number of halogens is 1. The molecule has 0 bridgehead atoms. The first-order valence-electron chi connectivity index (χ1n) is 29.2. The summed E-state index contributed by atoms with van der Waals surface area (Å²) in [4.78, 5) is 76.7. The Morgan fingerprint density at radius 3 is 2.52 bits per heavy atom. The number of anilines is 2. The number of piperazine rings is 1. The van der Waals surface area contributed by atoms with Crippen molar-refractivity contribution in [3.8, 4) is 23.3 Å². The van der Waals surface area contributed by atoms with Crippen LogP contribution in [0.15, 0.2) is 114 Å². The number of benzene rings is 4. The number of ether oxygens (including phenoxy) is 1. The second kappa shape index (κ2) is 25.2. The molecule has 5 N–H and O–H groups in total. The normalized spacial score (nSPS) is 19.9. The summed E-state index contributed by atoms with van der Waals surface area (Å²) in [5.41, 5.74) is 7.50. The number of fused-ring (bicyclic) bond motifs is 2. The Morgan fingerprint density at radius 2 is 1.74 bits per heavy atom. The Morgan fingerprint density at radius 1 is 0.941 bits per heavy atom. The second-order valence-corrected chi connectivity index (χ2v) is 25.7. The van der Waals surface area contributed by atoms with E-state index in [4.69, 9.17) is 16.3 Å². The number of unbranched alkanes of at least 4 members (excludes halogenated alkanes) is 1. The SMILES string of the molecule is CC1(C)CCC(CN2CCN(c3ccc(C(=O)NS(=O)(=O)c4ccc(NC[C@H]5CC[C@H](NCCCC#Cc6cccc7c6CN(C6CCC(=O)NC6=O)C7=O)CC5)c([N+](=O)[O-])c4)c(Oc4cnc5[nH]ccc5c4)c3)CC2)=C(c2ccc(Cl)cc2)C1. The number of carbonyl (C=O) groups excluding carboxylic acids is 4. The molecule has 1 saturated carbocycles. The van der Waals surface area contributed by atoms with Crippen molar-refractivity contribution in [3.05, 3.63) is 152 Å². The van der Waals surface area contributed by atoms with E-state index in [9.17, 15) is 37.7 Å². The number of amides is 4. The van der Waals surface area contributed by atoms with Gasteiger partial charge in [-0.3, -0.25) is 39.5 Å². The van der Waals surface area contributed by atoms with Crippen molar-refractivity contribution in [1.29, 1.82) is 0 Å². The number of carbonyl (C=O) groups is 4. The summed E-state index contributed by atoms with van der Waals surface area (Å²) in [6.45, 7) is 10.0. The lowest BCUT2D eigenvalue weighted by Gasteiger charge is -2.39. The summed E-state index contributed by atoms with van der Waals surface area (Å²) in [5, 5.41) is 23.1. The maximum atomic E-state index is 14.2. The van der Waals surface area contributed by atoms with Crippen molar-refractivity contribution in [2.45, 2.75) is 108 Å². The number of imide groups is 1. The van der Waals surface area contributed by atoms with Gasteiger partial charge in [0.1, 0.15) is 28.9 Å². The predicted octanol–water partition coefficient (Wildman–Crippen LogP) is 9.97. The number of allylic oxidation sites excluding steroid dienone is 1. The largest absolute Gasteiger partial charge is 0.455 e. The molecule has 3 aliphatic heterocycles. The molecule has 1 unspecified atom stereocenters. The van der Waals surface area contributed by atoms with E-state index in [1.54, 1.807) is 42.6 Å². The molecule has 21 heteroatoms. The second-order valence-electron chi connectivity index (χ2n) is 23.6. The van der Waals surface area contributed by atoms with Gasteiger partial charge in [0.25, 0.3) is 27.5 Å². The maximum absolute atomic E-state index is 14.2. The van der Waals surface area contributed by atoms with Gasteiger partial charge in [0.15, 0.2) is 0 Å². The third kappa shape index (κ3) is 13.7. The van der Waals surface area contributed by atoms with Gasteiger partial charge in [0.2, 0.25) is 11.8 Å². The number of aromatic nitrogens is 2. The average Bonchev–Trinajstić information content (AvgIpc) is 2.99. The van der Waals surface area contributed by atoms with Crippen molar-refractivity contribution < 1.29 is 37.3 Å². The molecule has 2 aromatic heterocycles. The zero-order chi connectivity index (χ0) is 59.4. The third-order valence-electron chi connectivity index (χ3n) is 17.2. The molecule has 0 spiro atoms. The van der Waals surface area contributed by atoms with E-state index in [0.29, 0.717) is 55.5 Å². The van der Waals surface area contributed by atoms with Gasteiger partial charge in [0.05, 0.1) is 21.6 Å². The molecule has 2 aliphatic carbocycles. The molecule has 19 nitrogen and oxygen atoms in total. The Labute approximate surface area is 499 Å². The minimum Gasteiger partial charge on any atom is -0.455 e. The molecule has 4 amide bonds. The molecular weight excluding hydrogens is 1120 g/mol. The van der Waals surface area contributed by atoms with Gasteiger partial charge in [0, 0.05) is 110 Å². The van der Waals surface area contributed by atoms with Crippen molar-refractivity contribution >= 4 is 78.9 Å². The van der Waals surface area contributed by atoms with Crippen molar-refractivity contribution in [2.75, 3.05) is 56.0 Å². The summed E-state index contributed by atoms with van der Waals surface area (Å²) in [5.74, 6) is 5.19. The first kappa shape index (κ1) is 58.7. The minimum atomic E-state index is -4.63. The quantitative estimate of drug-likeness (QED) is 0.0177. The molecule has 0 radical (unpaired) electrons. The zero-order valence-corrected chi connectivity index (χ0v) is 49.3. The lowest BCUT2D eigenvalue weighted by Crippen LogP contribution is -2.52. The van der Waals surface area contributed by atoms with Crippen LogP contribution in [0.5, 0.6) is 11.5 Å². The van der Waals surface area contributed by atoms with Gasteiger partial charge in [-0.25, -0.2) is 18.1 Å². The Hall–Kier alpha value is -8.09. The Bertz CT molecular complexity index is 3780. The first-order valence-corrected chi connectivity index (χ1v) is 31.1. The number of nitro groups is 1. The molecular formula is C64H69ClN10O9S. The molecule has 3 fully saturated rings. The number of hydrogen-bond donors (Lipinski definition) is 5. The van der Waals surface area contributed by atoms with Crippen molar-refractivity contribution in [3.63, 3.8) is 0 Å². The highest BCUT2D eigenvalue weighted by Gasteiger charge is 2.40. The Kier molecular flexibility index (Phi) is 17.4. The minimum absolute atomic E-state index is 0.0557. The molecule has 1 atom stereocenters. The molecule has 85 heavy (non-hydrogen) atoms. The van der Waals surface area contributed by atoms with Gasteiger partial charge in [-0.05, 0) is 153 Å². The number of hydrogen-bond acceptors (Lipinski definition) is 14. The maximum Gasteiger partial charge on any atom is 0.293 e. The van der Waals surface area contributed by atoms with Crippen LogP contribution in [0.3, 0.4) is 0 Å². The van der Waals surface area contributed by atoms with Crippen LogP contribution in [0.2, 0.25) is 5.02 Å². The van der Waals surface area contributed by atoms with E-state index >= 15 is 0 Å². The van der Waals surface area contributed by atoms with E-state index in [0.717, 1.165) is 111 Å². The molecule has 11 rings (SSSR count). The smallest absolute Gasteiger partial charge is 0.293 e. The number of nitro benzene ring substituents is 1. The van der Waals surface area contributed by atoms with E-state index in [1.165, 1.54) is 39.9 Å². The molecule has 4 aromatic carbocycles. The van der Waals surface area contributed by atoms with E-state index in [-0.39, 0.29) is 53.1 Å². The number of pyridine rings is 1. The molecule has 2 saturated heterocycles. The fourth-order valence-electron chi connectivity index (χ4n) is 12.4. The third-order valence-corrected chi connectivity index (χ3v) is 18.8. The van der Waals surface area contributed by atoms with Crippen LogP contribution < -0.4 is 30.3 Å². The summed E-state index contributed by atoms with van der Waals surface area (Å²) in [7, 11) is -4.63. The standard InChI is InChI=1S/C64H69ClN10O9S/c1-64(2)26-24-45(53(36-64)43-12-14-46(65)15-13-43)39-72-29-31-73(32-30-72)48-18-20-52(58(34-48)84-49-33-44-25-28-67-60(44)69-38-49)61(77)71-85(82,83)50-19-21-55(57(35-50)75(80)81)68-37-41-10-16-47(17-11-41)66-27-5-3-4-7-42-8-6-9-51-54(42)40-74(63(51)79)56-22-23-59(76)70-62(56)78/h6,8-9,12-15,18-21,25,28,33-35,38,41,47,56,66,68H,3,5,10-11,16-17,22-24,26-27,29-32,36-37,39-40H2,1-2H3,(H,67,69)(H,71,77)(H,70,76,78)/t41-,47-,56?. The first-order chi connectivity index (χ1) is 40.9. The molecule has 6 aromatic rings. The summed E-state index contributed by atoms with van der Waals surface area (Å²) in [6, 6.07) is 25.5. The van der Waals surface area contributed by atoms with Crippen molar-refractivity contribution in [2.24, 2.45) is 11.3 Å². The highest BCUT2D eigenvalue weighted by Crippen LogP contribution is 2.44. The molecule has 5 aliphatic rings. The van der Waals surface area contributed by atoms with Crippen LogP contribution in [-0.4, -0.2) is 115 Å². The molecule has 5 heterocycles. The Balaban J connectivity index is 0.680. The topological polar surface area (TPSA) is 241 Å². The van der Waals surface area contributed by atoms with Crippen molar-refractivity contribution in [1.82, 2.24) is 35.1 Å². The lowest BCUT2D eigenvalue weighted by atomic mass is 9.72. The van der Waals surface area contributed by atoms with Crippen LogP contribution in [-0.2, 0) is 26.2 Å². The van der Waals surface area contributed by atoms with E-state index in [2.05, 4.69) is 78.3 Å². The number of aromatic amines is 1. The lowest BCUT2D eigenvalue weighted by molar-refractivity contribution is -0.384. The molecule has 442 valence electrons. The zero-order valence-electron chi connectivity index (χ0n) is 47.7. The fraction of sp³-hybridized carbons (Fsp3) is 0.391. The number of H-pyrrole nitrogens is 1. The van der Waals surface area contributed by atoms with Gasteiger partial charge < -0.3 is 30.2 Å². The van der Waals surface area contributed by atoms with Gasteiger partial charge in [-0.1, -0.05) is 61.1 Å². The monoisotopic (exact) mass is 1190 g/mol. The number of rotatable bonds is 18. The predicted molar refractivity (Wildman–Crippen MR) is 326 cm³/mol. The van der Waals surface area contributed by atoms with E-state index in [1.807, 2.05) is 24.3 Å². The summed E-state index contributed by atoms with van der Waals surface area (Å²) in [6.07, 6.45) is 12.0. The van der Waals surface area contributed by atoms with E-state index < -0.39 is 43.4 Å². The summed E-state index contributed by atoms with van der Waals surface area (Å²) >= 11 is 6.27. The highest BCUT2D eigenvalue weighted by atomic mass is 35.5. The number of sulfonamides is 1. The summed E-state index contributed by atoms with van der Waals surface area (Å²) < 4.78 is 36.5. The fourth-order valence-corrected chi connectivity index (χ4v) is 13.5. The number of piperidine rings is 1. The van der Waals surface area contributed by atoms with Gasteiger partial charge in [-0.15, -0.1) is 0 Å². The van der Waals surface area contributed by atoms with Crippen LogP contribution in [0.4, 0.5) is 17.1 Å². The van der Waals surface area contributed by atoms with Crippen LogP contribution >= 0.6 is 11.6 Å². The number of nitrogens with one attached hydrogen (secondary N) is 5. The highest BCUT2D eigenvalue weighted by molar-refractivity contribution is 7.90. The van der Waals surface area contributed by atoms with Crippen LogP contribution in [0.1, 0.15) is 122 Å². The average molecular weight is 1190 g/mol. The van der Waals surface area contributed by atoms with Crippen LogP contribution in [0.25, 0.3) is 16.6 Å². The van der Waals surface area contributed by atoms with Gasteiger partial charge in [-0.2, -0.15) is 0 Å². The van der Waals surface area contributed by atoms with Crippen LogP contribution in [0, 0.1) is 33.3 Å². The number of nitrogens with zero attached hydrogens (tertiary/aromatic N) is 5. The van der Waals surface area contributed by atoms with Gasteiger partial charge >= 0.3 is 0 Å².